The van der Waals surface area contributed by atoms with Gasteiger partial charge in [-0.3, -0.25) is 0 Å². The van der Waals surface area contributed by atoms with E-state index >= 15 is 0 Å². The number of aromatic nitrogens is 5. The van der Waals surface area contributed by atoms with Gasteiger partial charge in [0.15, 0.2) is 5.65 Å². The second-order valence-electron chi connectivity index (χ2n) is 6.17. The molecule has 4 rings (SSSR count). The third-order valence-electron chi connectivity index (χ3n) is 4.35. The molecule has 0 radical (unpaired) electrons. The molecule has 27 heavy (non-hydrogen) atoms. The Kier molecular flexibility index (Phi) is 4.41. The fourth-order valence-corrected chi connectivity index (χ4v) is 3.66. The van der Waals surface area contributed by atoms with Crippen molar-refractivity contribution in [1.29, 1.82) is 0 Å². The highest BCUT2D eigenvalue weighted by Gasteiger charge is 2.31. The van der Waals surface area contributed by atoms with Gasteiger partial charge in [-0.2, -0.15) is 18.3 Å². The molecule has 1 aliphatic heterocycles. The lowest BCUT2D eigenvalue weighted by atomic mass is 10.3. The molecule has 0 spiro atoms. The van der Waals surface area contributed by atoms with Gasteiger partial charge in [-0.1, -0.05) is 0 Å². The highest BCUT2D eigenvalue weighted by Crippen LogP contribution is 2.32. The Labute approximate surface area is 160 Å². The van der Waals surface area contributed by atoms with Gasteiger partial charge in [0.1, 0.15) is 22.9 Å². The predicted molar refractivity (Wildman–Crippen MR) is 94.5 cm³/mol. The summed E-state index contributed by atoms with van der Waals surface area (Å²) in [4.78, 5) is 14.4. The molecule has 0 amide bonds. The van der Waals surface area contributed by atoms with Crippen LogP contribution in [0.1, 0.15) is 12.0 Å². The number of aryl methyl sites for hydroxylation is 1. The van der Waals surface area contributed by atoms with Crippen LogP contribution in [0.15, 0.2) is 29.3 Å². The second kappa shape index (κ2) is 6.63. The minimum Gasteiger partial charge on any atom is -0.472 e. The predicted octanol–water partition coefficient (Wildman–Crippen LogP) is 3.20. The monoisotopic (exact) mass is 442 g/mol. The number of nitrogens with zero attached hydrogens (tertiary/aromatic N) is 6. The van der Waals surface area contributed by atoms with Crippen molar-refractivity contribution in [3.8, 4) is 5.88 Å². The van der Waals surface area contributed by atoms with Gasteiger partial charge in [0, 0.05) is 32.3 Å². The summed E-state index contributed by atoms with van der Waals surface area (Å²) in [6, 6.07) is 2.21. The van der Waals surface area contributed by atoms with Gasteiger partial charge in [-0.25, -0.2) is 19.6 Å². The SMILES string of the molecule is Cn1nc(Br)c2c(N3CCC(Oc4ccc(C(F)(F)F)cn4)C3)ncnc21. The van der Waals surface area contributed by atoms with Crippen molar-refractivity contribution in [3.05, 3.63) is 34.8 Å². The van der Waals surface area contributed by atoms with E-state index in [2.05, 4.69) is 36.0 Å². The number of hydrogen-bond acceptors (Lipinski definition) is 6. The maximum atomic E-state index is 12.6. The third-order valence-corrected chi connectivity index (χ3v) is 4.91. The van der Waals surface area contributed by atoms with Crippen LogP contribution in [0, 0.1) is 0 Å². The largest absolute Gasteiger partial charge is 0.472 e. The third kappa shape index (κ3) is 3.43. The van der Waals surface area contributed by atoms with E-state index in [9.17, 15) is 13.2 Å². The first kappa shape index (κ1) is 18.0. The summed E-state index contributed by atoms with van der Waals surface area (Å²) < 4.78 is 45.9. The van der Waals surface area contributed by atoms with E-state index in [1.54, 1.807) is 11.7 Å². The zero-order valence-electron chi connectivity index (χ0n) is 14.1. The number of anilines is 1. The van der Waals surface area contributed by atoms with E-state index < -0.39 is 11.7 Å². The summed E-state index contributed by atoms with van der Waals surface area (Å²) in [5.74, 6) is 0.914. The van der Waals surface area contributed by atoms with Crippen molar-refractivity contribution in [3.63, 3.8) is 0 Å². The van der Waals surface area contributed by atoms with Gasteiger partial charge >= 0.3 is 6.18 Å². The van der Waals surface area contributed by atoms with Crippen molar-refractivity contribution in [2.24, 2.45) is 7.05 Å². The molecule has 7 nitrogen and oxygen atoms in total. The quantitative estimate of drug-likeness (QED) is 0.620. The molecular formula is C16H14BrF3N6O. The fourth-order valence-electron chi connectivity index (χ4n) is 3.07. The molecule has 4 heterocycles. The molecule has 1 atom stereocenters. The lowest BCUT2D eigenvalue weighted by Crippen LogP contribution is -2.25. The molecule has 3 aromatic rings. The van der Waals surface area contributed by atoms with Crippen molar-refractivity contribution in [2.75, 3.05) is 18.0 Å². The molecule has 3 aromatic heterocycles. The Morgan fingerprint density at radius 1 is 1.22 bits per heavy atom. The zero-order valence-corrected chi connectivity index (χ0v) is 15.7. The Bertz CT molecular complexity index is 975. The van der Waals surface area contributed by atoms with E-state index in [0.717, 1.165) is 23.5 Å². The van der Waals surface area contributed by atoms with Gasteiger partial charge in [0.25, 0.3) is 0 Å². The number of pyridine rings is 1. The molecule has 0 bridgehead atoms. The zero-order chi connectivity index (χ0) is 19.2. The molecule has 142 valence electrons. The molecule has 0 N–H and O–H groups in total. The topological polar surface area (TPSA) is 69.0 Å². The van der Waals surface area contributed by atoms with Crippen LogP contribution in [0.25, 0.3) is 11.0 Å². The normalized spacial score (nSPS) is 17.7. The van der Waals surface area contributed by atoms with Gasteiger partial charge in [0.2, 0.25) is 5.88 Å². The molecular weight excluding hydrogens is 429 g/mol. The minimum atomic E-state index is -4.41. The summed E-state index contributed by atoms with van der Waals surface area (Å²) in [5, 5.41) is 5.12. The average Bonchev–Trinajstić information content (AvgIpc) is 3.20. The van der Waals surface area contributed by atoms with Gasteiger partial charge < -0.3 is 9.64 Å². The van der Waals surface area contributed by atoms with E-state index in [0.29, 0.717) is 29.8 Å². The number of ether oxygens (including phenoxy) is 1. The first-order valence-corrected chi connectivity index (χ1v) is 8.90. The average molecular weight is 443 g/mol. The van der Waals surface area contributed by atoms with Gasteiger partial charge in [-0.05, 0) is 22.0 Å². The summed E-state index contributed by atoms with van der Waals surface area (Å²) in [6.45, 7) is 1.23. The molecule has 11 heteroatoms. The molecule has 0 aliphatic carbocycles. The number of alkyl halides is 3. The van der Waals surface area contributed by atoms with E-state index in [1.807, 2.05) is 4.90 Å². The van der Waals surface area contributed by atoms with Crippen molar-refractivity contribution < 1.29 is 17.9 Å². The van der Waals surface area contributed by atoms with Crippen LogP contribution in [-0.2, 0) is 13.2 Å². The Morgan fingerprint density at radius 2 is 2.04 bits per heavy atom. The molecule has 1 aliphatic rings. The van der Waals surface area contributed by atoms with Crippen LogP contribution < -0.4 is 9.64 Å². The van der Waals surface area contributed by atoms with Crippen molar-refractivity contribution >= 4 is 32.8 Å². The summed E-state index contributed by atoms with van der Waals surface area (Å²) in [7, 11) is 1.80. The number of rotatable bonds is 3. The molecule has 1 saturated heterocycles. The van der Waals surface area contributed by atoms with Crippen LogP contribution in [0.4, 0.5) is 19.0 Å². The number of fused-ring (bicyclic) bond motifs is 1. The number of hydrogen-bond donors (Lipinski definition) is 0. The summed E-state index contributed by atoms with van der Waals surface area (Å²) in [5.41, 5.74) is -0.0895. The maximum Gasteiger partial charge on any atom is 0.417 e. The molecule has 1 unspecified atom stereocenters. The first-order valence-electron chi connectivity index (χ1n) is 8.11. The smallest absolute Gasteiger partial charge is 0.417 e. The fraction of sp³-hybridized carbons (Fsp3) is 0.375. The first-order chi connectivity index (χ1) is 12.8. The highest BCUT2D eigenvalue weighted by atomic mass is 79.9. The minimum absolute atomic E-state index is 0.172. The lowest BCUT2D eigenvalue weighted by molar-refractivity contribution is -0.137. The summed E-state index contributed by atoms with van der Waals surface area (Å²) in [6.07, 6.45) is -1.65. The molecule has 0 aromatic carbocycles. The standard InChI is InChI=1S/C16H14BrF3N6O/c1-25-14-12(13(17)24-25)15(23-8-22-14)26-5-4-10(7-26)27-11-3-2-9(6-21-11)16(18,19)20/h2-3,6,8,10H,4-5,7H2,1H3. The van der Waals surface area contributed by atoms with E-state index in [-0.39, 0.29) is 12.0 Å². The summed E-state index contributed by atoms with van der Waals surface area (Å²) >= 11 is 3.44. The van der Waals surface area contributed by atoms with Crippen LogP contribution >= 0.6 is 15.9 Å². The van der Waals surface area contributed by atoms with E-state index in [1.165, 1.54) is 12.4 Å². The van der Waals surface area contributed by atoms with Crippen molar-refractivity contribution in [1.82, 2.24) is 24.7 Å². The number of halogens is 4. The Morgan fingerprint density at radius 3 is 2.74 bits per heavy atom. The van der Waals surface area contributed by atoms with Gasteiger partial charge in [0.05, 0.1) is 17.5 Å². The van der Waals surface area contributed by atoms with Crippen LogP contribution in [0.5, 0.6) is 5.88 Å². The van der Waals surface area contributed by atoms with E-state index in [4.69, 9.17) is 4.74 Å². The molecule has 1 fully saturated rings. The lowest BCUT2D eigenvalue weighted by Gasteiger charge is -2.18. The second-order valence-corrected chi connectivity index (χ2v) is 6.92. The van der Waals surface area contributed by atoms with Crippen molar-refractivity contribution in [2.45, 2.75) is 18.7 Å². The van der Waals surface area contributed by atoms with Crippen LogP contribution in [0.3, 0.4) is 0 Å². The van der Waals surface area contributed by atoms with Crippen LogP contribution in [-0.4, -0.2) is 43.9 Å². The van der Waals surface area contributed by atoms with Crippen LogP contribution in [0.2, 0.25) is 0 Å². The Balaban J connectivity index is 1.50. The highest BCUT2D eigenvalue weighted by molar-refractivity contribution is 9.10. The maximum absolute atomic E-state index is 12.6. The molecule has 0 saturated carbocycles. The van der Waals surface area contributed by atoms with Gasteiger partial charge in [-0.15, -0.1) is 0 Å². The Hall–Kier alpha value is -2.43.